The van der Waals surface area contributed by atoms with Gasteiger partial charge in [0.1, 0.15) is 6.10 Å². The predicted octanol–water partition coefficient (Wildman–Crippen LogP) is 1.39. The number of nitrogens with one attached hydrogen (secondary N) is 1. The molecule has 0 saturated carbocycles. The first-order chi connectivity index (χ1) is 9.72. The van der Waals surface area contributed by atoms with Crippen LogP contribution in [-0.4, -0.2) is 44.5 Å². The first kappa shape index (κ1) is 13.2. The maximum absolute atomic E-state index is 5.80. The number of hydrogen-bond donors (Lipinski definition) is 1. The van der Waals surface area contributed by atoms with Crippen LogP contribution in [0.15, 0.2) is 18.6 Å². The van der Waals surface area contributed by atoms with Crippen molar-refractivity contribution in [1.82, 2.24) is 24.8 Å². The van der Waals surface area contributed by atoms with Crippen LogP contribution in [0.5, 0.6) is 0 Å². The molecular weight excluding hydrogens is 254 g/mol. The smallest absolute Gasteiger partial charge is 0.158 e. The maximum atomic E-state index is 5.80. The zero-order valence-electron chi connectivity index (χ0n) is 11.8. The second kappa shape index (κ2) is 5.68. The molecule has 0 bridgehead atoms. The van der Waals surface area contributed by atoms with Crippen LogP contribution in [0.1, 0.15) is 29.0 Å². The van der Waals surface area contributed by atoms with Gasteiger partial charge in [-0.25, -0.2) is 15.0 Å². The van der Waals surface area contributed by atoms with Crippen LogP contribution in [0.25, 0.3) is 0 Å². The number of H-pyrrole nitrogens is 1. The van der Waals surface area contributed by atoms with E-state index >= 15 is 0 Å². The van der Waals surface area contributed by atoms with Crippen molar-refractivity contribution in [2.24, 2.45) is 0 Å². The number of hydrogen-bond acceptors (Lipinski definition) is 5. The molecule has 6 heteroatoms. The van der Waals surface area contributed by atoms with Crippen molar-refractivity contribution in [2.45, 2.75) is 26.5 Å². The number of morpholine rings is 1. The normalized spacial score (nSPS) is 20.2. The molecule has 0 radical (unpaired) electrons. The molecular formula is C14H19N5O. The Labute approximate surface area is 118 Å². The molecule has 106 valence electrons. The minimum Gasteiger partial charge on any atom is -0.368 e. The number of imidazole rings is 1. The van der Waals surface area contributed by atoms with E-state index in [0.717, 1.165) is 42.5 Å². The molecule has 1 atom stereocenters. The lowest BCUT2D eigenvalue weighted by Gasteiger charge is -2.31. The van der Waals surface area contributed by atoms with Crippen molar-refractivity contribution in [1.29, 1.82) is 0 Å². The molecule has 1 saturated heterocycles. The molecule has 2 aromatic rings. The van der Waals surface area contributed by atoms with Crippen molar-refractivity contribution in [3.8, 4) is 0 Å². The topological polar surface area (TPSA) is 66.9 Å². The molecule has 3 rings (SSSR count). The molecule has 0 aliphatic carbocycles. The van der Waals surface area contributed by atoms with E-state index in [-0.39, 0.29) is 6.10 Å². The molecule has 3 heterocycles. The number of ether oxygens (including phenoxy) is 1. The van der Waals surface area contributed by atoms with Gasteiger partial charge < -0.3 is 9.72 Å². The van der Waals surface area contributed by atoms with E-state index in [1.165, 1.54) is 0 Å². The summed E-state index contributed by atoms with van der Waals surface area (Å²) in [7, 11) is 0. The summed E-state index contributed by atoms with van der Waals surface area (Å²) in [4.78, 5) is 18.6. The summed E-state index contributed by atoms with van der Waals surface area (Å²) in [5.74, 6) is 0.772. The molecule has 0 aromatic carbocycles. The minimum absolute atomic E-state index is 0.0529. The van der Waals surface area contributed by atoms with Gasteiger partial charge in [-0.3, -0.25) is 4.90 Å². The van der Waals surface area contributed by atoms with Gasteiger partial charge in [0.05, 0.1) is 18.6 Å². The predicted molar refractivity (Wildman–Crippen MR) is 74.1 cm³/mol. The Morgan fingerprint density at radius 2 is 2.30 bits per heavy atom. The third-order valence-corrected chi connectivity index (χ3v) is 3.56. The van der Waals surface area contributed by atoms with Crippen molar-refractivity contribution >= 4 is 0 Å². The van der Waals surface area contributed by atoms with Gasteiger partial charge in [-0.2, -0.15) is 0 Å². The molecule has 6 nitrogen and oxygen atoms in total. The van der Waals surface area contributed by atoms with Gasteiger partial charge in [-0.15, -0.1) is 0 Å². The summed E-state index contributed by atoms with van der Waals surface area (Å²) in [6.07, 6.45) is 3.48. The maximum Gasteiger partial charge on any atom is 0.158 e. The molecule has 20 heavy (non-hydrogen) atoms. The van der Waals surface area contributed by atoms with Crippen molar-refractivity contribution < 1.29 is 4.74 Å². The quantitative estimate of drug-likeness (QED) is 0.915. The van der Waals surface area contributed by atoms with E-state index in [2.05, 4.69) is 24.8 Å². The average molecular weight is 273 g/mol. The number of rotatable bonds is 3. The van der Waals surface area contributed by atoms with Crippen LogP contribution >= 0.6 is 0 Å². The van der Waals surface area contributed by atoms with Crippen LogP contribution in [-0.2, 0) is 11.3 Å². The zero-order valence-corrected chi connectivity index (χ0v) is 11.8. The van der Waals surface area contributed by atoms with Crippen LogP contribution in [0.2, 0.25) is 0 Å². The third-order valence-electron chi connectivity index (χ3n) is 3.56. The van der Waals surface area contributed by atoms with Crippen LogP contribution < -0.4 is 0 Å². The van der Waals surface area contributed by atoms with Crippen LogP contribution in [0.3, 0.4) is 0 Å². The Morgan fingerprint density at radius 1 is 1.40 bits per heavy atom. The van der Waals surface area contributed by atoms with Crippen molar-refractivity contribution in [3.05, 3.63) is 41.5 Å². The Hall–Kier alpha value is -1.79. The zero-order chi connectivity index (χ0) is 13.9. The highest BCUT2D eigenvalue weighted by atomic mass is 16.5. The fourth-order valence-corrected chi connectivity index (χ4v) is 2.38. The van der Waals surface area contributed by atoms with Gasteiger partial charge in [-0.1, -0.05) is 0 Å². The van der Waals surface area contributed by atoms with Gasteiger partial charge >= 0.3 is 0 Å². The summed E-state index contributed by atoms with van der Waals surface area (Å²) >= 11 is 0. The second-order valence-electron chi connectivity index (χ2n) is 5.12. The van der Waals surface area contributed by atoms with Crippen molar-refractivity contribution in [2.75, 3.05) is 19.7 Å². The summed E-state index contributed by atoms with van der Waals surface area (Å²) in [5, 5.41) is 0. The fraction of sp³-hybridized carbons (Fsp3) is 0.500. The SMILES string of the molecule is Cc1ccnc([C@H]2CN(Cc3nc[nH]c3C)CCO2)n1. The van der Waals surface area contributed by atoms with Crippen molar-refractivity contribution in [3.63, 3.8) is 0 Å². The first-order valence-electron chi connectivity index (χ1n) is 6.85. The Bertz CT molecular complexity index is 582. The molecule has 1 fully saturated rings. The molecule has 1 aliphatic rings. The lowest BCUT2D eigenvalue weighted by molar-refractivity contribution is -0.0376. The van der Waals surface area contributed by atoms with Gasteiger partial charge in [-0.05, 0) is 19.9 Å². The summed E-state index contributed by atoms with van der Waals surface area (Å²) < 4.78 is 5.80. The Morgan fingerprint density at radius 3 is 3.05 bits per heavy atom. The highest BCUT2D eigenvalue weighted by Crippen LogP contribution is 2.20. The molecule has 0 amide bonds. The average Bonchev–Trinajstić information content (AvgIpc) is 2.85. The summed E-state index contributed by atoms with van der Waals surface area (Å²) in [6, 6.07) is 1.90. The Balaban J connectivity index is 1.69. The molecule has 1 N–H and O–H groups in total. The summed E-state index contributed by atoms with van der Waals surface area (Å²) in [6.45, 7) is 7.26. The highest BCUT2D eigenvalue weighted by Gasteiger charge is 2.24. The van der Waals surface area contributed by atoms with Gasteiger partial charge in [0, 0.05) is 37.2 Å². The van der Waals surface area contributed by atoms with Crippen LogP contribution in [0, 0.1) is 13.8 Å². The monoisotopic (exact) mass is 273 g/mol. The number of nitrogens with zero attached hydrogens (tertiary/aromatic N) is 4. The van der Waals surface area contributed by atoms with Gasteiger partial charge in [0.25, 0.3) is 0 Å². The first-order valence-corrected chi connectivity index (χ1v) is 6.85. The van der Waals surface area contributed by atoms with E-state index in [1.54, 1.807) is 12.5 Å². The second-order valence-corrected chi connectivity index (χ2v) is 5.12. The van der Waals surface area contributed by atoms with E-state index in [1.807, 2.05) is 19.9 Å². The largest absolute Gasteiger partial charge is 0.368 e. The van der Waals surface area contributed by atoms with E-state index < -0.39 is 0 Å². The molecule has 2 aromatic heterocycles. The lowest BCUT2D eigenvalue weighted by atomic mass is 10.2. The summed E-state index contributed by atoms with van der Waals surface area (Å²) in [5.41, 5.74) is 3.19. The lowest BCUT2D eigenvalue weighted by Crippen LogP contribution is -2.38. The Kier molecular flexibility index (Phi) is 3.75. The molecule has 0 unspecified atom stereocenters. The van der Waals surface area contributed by atoms with Gasteiger partial charge in [0.2, 0.25) is 0 Å². The minimum atomic E-state index is -0.0529. The van der Waals surface area contributed by atoms with E-state index in [4.69, 9.17) is 4.74 Å². The highest BCUT2D eigenvalue weighted by molar-refractivity contribution is 5.09. The van der Waals surface area contributed by atoms with Crippen LogP contribution in [0.4, 0.5) is 0 Å². The number of aryl methyl sites for hydroxylation is 2. The van der Waals surface area contributed by atoms with Gasteiger partial charge in [0.15, 0.2) is 5.82 Å². The third kappa shape index (κ3) is 2.86. The molecule has 1 aliphatic heterocycles. The fourth-order valence-electron chi connectivity index (χ4n) is 2.38. The number of aromatic amines is 1. The van der Waals surface area contributed by atoms with E-state index in [9.17, 15) is 0 Å². The molecule has 0 spiro atoms. The number of aromatic nitrogens is 4. The van der Waals surface area contributed by atoms with E-state index in [0.29, 0.717) is 6.61 Å². The standard InChI is InChI=1S/C14H19N5O/c1-10-3-4-15-14(18-10)13-8-19(5-6-20-13)7-12-11(2)16-9-17-12/h3-4,9,13H,5-8H2,1-2H3,(H,16,17)/t13-/m1/s1.